The molecule has 25 heteroatoms. The molecule has 2 saturated carbocycles. The van der Waals surface area contributed by atoms with Crippen LogP contribution >= 0.6 is 7.82 Å². The SMILES string of the molecule is Cc1ccc(N(COP(=O)([O-])[O-])C(=O)[C@H]2CCCN(C(=O)c3c(C)cccc3F)[C@H]2c2ccc(NC3CCCC3)cc2)cc1C(F)(F)F.Cc1ccc(NC(=O)[C@H]2CCCN(C(=O)c3c(C)cccc3F)[C@H]2c2ccc(NC3CCCC3)cc2)cc1C(F)(F)F.[Na+].[Na+]. The van der Waals surface area contributed by atoms with E-state index in [-0.39, 0.29) is 112 Å². The van der Waals surface area contributed by atoms with Crippen LogP contribution in [0.2, 0.25) is 0 Å². The maximum atomic E-state index is 15.1. The molecular formula is C67H71F8N6Na2O8P. The van der Waals surface area contributed by atoms with Crippen molar-refractivity contribution in [2.75, 3.05) is 40.7 Å². The number of benzene rings is 6. The van der Waals surface area contributed by atoms with E-state index in [0.717, 1.165) is 68.1 Å². The predicted molar refractivity (Wildman–Crippen MR) is 322 cm³/mol. The number of carbonyl (C=O) groups excluding carboxylic acids is 4. The van der Waals surface area contributed by atoms with Gasteiger partial charge in [0, 0.05) is 47.9 Å². The number of alkyl halides is 6. The Labute approximate surface area is 574 Å². The number of rotatable bonds is 15. The zero-order chi connectivity index (χ0) is 64.8. The molecule has 480 valence electrons. The Morgan fingerprint density at radius 3 is 1.39 bits per heavy atom. The molecule has 4 atom stereocenters. The van der Waals surface area contributed by atoms with Crippen LogP contribution in [0.15, 0.2) is 121 Å². The Kier molecular flexibility index (Phi) is 25.4. The number of anilines is 4. The van der Waals surface area contributed by atoms with E-state index in [1.54, 1.807) is 38.1 Å². The number of likely N-dealkylation sites (tertiary alicyclic amines) is 2. The molecule has 4 aliphatic rings. The first-order valence-electron chi connectivity index (χ1n) is 30.2. The van der Waals surface area contributed by atoms with E-state index in [9.17, 15) is 64.3 Å². The number of halogens is 8. The van der Waals surface area contributed by atoms with Crippen LogP contribution in [0.25, 0.3) is 0 Å². The standard InChI is InChI=1S/C34H38F4N3O6P.C33H35F4N3O2.2Na/c1-21-12-17-26(19-28(21)34(36,37)38)41(20-47-48(44,45)46)32(42)27-10-6-18-40(33(43)30-22(2)7-5-11-29(30)35)31(27)23-13-15-25(16-14-23)39-24-8-3-4-9-24;1-20-12-15-25(19-27(20)33(35,36)37)39-31(41)26-10-6-18-40(32(42)29-21(2)7-5-11-28(29)34)30(26)22-13-16-24(17-14-22)38-23-8-3-4-9-23;;/h5,7,11-17,19,24,27,31,39H,3-4,6,8-10,18,20H2,1-2H3,(H2,44,45,46);5,7,11-17,19,23,26,30,38H,3-4,6,8-10,18H2,1-2H3,(H,39,41);;/q;;2*+1/p-2/t27-,31-;26-,30-;;/m00../s1. The Bertz CT molecular complexity index is 3580. The second-order valence-electron chi connectivity index (χ2n) is 23.7. The fourth-order valence-corrected chi connectivity index (χ4v) is 13.2. The average Bonchev–Trinajstić information content (AvgIpc) is 0.836. The summed E-state index contributed by atoms with van der Waals surface area (Å²) in [5, 5.41) is 9.68. The first-order chi connectivity index (χ1) is 42.7. The number of phosphoric acid groups is 1. The molecule has 0 radical (unpaired) electrons. The zero-order valence-corrected chi connectivity index (χ0v) is 57.1. The third-order valence-electron chi connectivity index (χ3n) is 17.5. The van der Waals surface area contributed by atoms with Crippen molar-refractivity contribution in [3.05, 3.63) is 189 Å². The number of phosphoric ester groups is 1. The Balaban J connectivity index is 0.000000257. The first-order valence-corrected chi connectivity index (χ1v) is 31.6. The second kappa shape index (κ2) is 31.7. The fourth-order valence-electron chi connectivity index (χ4n) is 13.0. The molecule has 10 rings (SSSR count). The van der Waals surface area contributed by atoms with Gasteiger partial charge >= 0.3 is 71.5 Å². The number of hydrogen-bond acceptors (Lipinski definition) is 10. The van der Waals surface area contributed by atoms with Gasteiger partial charge in [-0.1, -0.05) is 86.3 Å². The van der Waals surface area contributed by atoms with Gasteiger partial charge in [-0.05, 0) is 173 Å². The summed E-state index contributed by atoms with van der Waals surface area (Å²) in [6.07, 6.45) is 0.817. The minimum Gasteiger partial charge on any atom is -0.790 e. The van der Waals surface area contributed by atoms with Crippen molar-refractivity contribution < 1.29 is 132 Å². The monoisotopic (exact) mass is 1320 g/mol. The normalized spacial score (nSPS) is 18.8. The second-order valence-corrected chi connectivity index (χ2v) is 24.9. The molecule has 6 aromatic rings. The first kappa shape index (κ1) is 73.8. The molecule has 2 aliphatic heterocycles. The van der Waals surface area contributed by atoms with E-state index in [1.807, 2.05) is 36.4 Å². The van der Waals surface area contributed by atoms with Crippen LogP contribution in [-0.4, -0.2) is 65.3 Å². The van der Waals surface area contributed by atoms with Gasteiger partial charge in [-0.3, -0.25) is 24.1 Å². The topological polar surface area (TPSA) is 187 Å². The number of nitrogens with zero attached hydrogens (tertiary/aromatic N) is 3. The van der Waals surface area contributed by atoms with E-state index in [4.69, 9.17) is 0 Å². The molecule has 3 N–H and O–H groups in total. The van der Waals surface area contributed by atoms with Gasteiger partial charge in [0.1, 0.15) is 18.4 Å². The summed E-state index contributed by atoms with van der Waals surface area (Å²) < 4.78 is 128. The molecule has 0 spiro atoms. The molecule has 4 fully saturated rings. The average molecular weight is 1320 g/mol. The Hall–Kier alpha value is -5.65. The number of nitrogens with one attached hydrogen (secondary N) is 3. The molecular weight excluding hydrogens is 1250 g/mol. The van der Waals surface area contributed by atoms with Gasteiger partial charge in [0.2, 0.25) is 11.8 Å². The molecule has 14 nitrogen and oxygen atoms in total. The summed E-state index contributed by atoms with van der Waals surface area (Å²) in [7, 11) is -5.67. The zero-order valence-electron chi connectivity index (χ0n) is 52.2. The largest absolute Gasteiger partial charge is 1.00 e. The van der Waals surface area contributed by atoms with Crippen molar-refractivity contribution in [1.82, 2.24) is 9.80 Å². The third-order valence-corrected chi connectivity index (χ3v) is 18.0. The Morgan fingerprint density at radius 1 is 0.543 bits per heavy atom. The van der Waals surface area contributed by atoms with Crippen molar-refractivity contribution in [3.63, 3.8) is 0 Å². The summed E-state index contributed by atoms with van der Waals surface area (Å²) in [6, 6.07) is 29.0. The van der Waals surface area contributed by atoms with Gasteiger partial charge in [0.25, 0.3) is 11.8 Å². The maximum absolute atomic E-state index is 15.1. The number of carbonyl (C=O) groups is 4. The quantitative estimate of drug-likeness (QED) is 0.0391. The molecule has 92 heavy (non-hydrogen) atoms. The molecule has 2 aliphatic carbocycles. The van der Waals surface area contributed by atoms with Crippen molar-refractivity contribution in [1.29, 1.82) is 0 Å². The van der Waals surface area contributed by atoms with Crippen LogP contribution in [0.3, 0.4) is 0 Å². The van der Waals surface area contributed by atoms with E-state index in [0.29, 0.717) is 64.7 Å². The molecule has 0 bridgehead atoms. The third kappa shape index (κ3) is 18.0. The van der Waals surface area contributed by atoms with Crippen LogP contribution in [0.4, 0.5) is 57.9 Å². The van der Waals surface area contributed by atoms with Crippen LogP contribution in [0.1, 0.15) is 154 Å². The van der Waals surface area contributed by atoms with Gasteiger partial charge in [-0.25, -0.2) is 8.78 Å². The number of hydrogen-bond donors (Lipinski definition) is 3. The molecule has 2 saturated heterocycles. The van der Waals surface area contributed by atoms with Crippen LogP contribution in [-0.2, 0) is 31.0 Å². The van der Waals surface area contributed by atoms with Crippen molar-refractivity contribution in [2.24, 2.45) is 11.8 Å². The number of piperidine rings is 2. The summed E-state index contributed by atoms with van der Waals surface area (Å²) in [5.74, 6) is -5.85. The van der Waals surface area contributed by atoms with Gasteiger partial charge in [-0.15, -0.1) is 0 Å². The predicted octanol–water partition coefficient (Wildman–Crippen LogP) is 8.30. The fraction of sp³-hybridized carbons (Fsp3) is 0.403. The summed E-state index contributed by atoms with van der Waals surface area (Å²) in [5.41, 5.74) is 1.30. The van der Waals surface area contributed by atoms with Gasteiger partial charge in [-0.2, -0.15) is 26.3 Å². The molecule has 0 aromatic heterocycles. The summed E-state index contributed by atoms with van der Waals surface area (Å²) in [6.45, 7) is 5.11. The molecule has 4 amide bonds. The van der Waals surface area contributed by atoms with Gasteiger partial charge in [0.05, 0.1) is 54.0 Å². The van der Waals surface area contributed by atoms with Crippen molar-refractivity contribution >= 4 is 54.2 Å². The van der Waals surface area contributed by atoms with Crippen molar-refractivity contribution in [3.8, 4) is 0 Å². The van der Waals surface area contributed by atoms with Crippen molar-refractivity contribution in [2.45, 2.75) is 141 Å². The van der Waals surface area contributed by atoms with E-state index in [1.165, 1.54) is 72.9 Å². The van der Waals surface area contributed by atoms with Crippen LogP contribution < -0.4 is 89.8 Å². The molecule has 6 aromatic carbocycles. The minimum atomic E-state index is -5.67. The van der Waals surface area contributed by atoms with E-state index < -0.39 is 97.2 Å². The van der Waals surface area contributed by atoms with Gasteiger partial charge < -0.3 is 44.6 Å². The molecule has 0 unspecified atom stereocenters. The number of aryl methyl sites for hydroxylation is 4. The Morgan fingerprint density at radius 2 is 0.957 bits per heavy atom. The smallest absolute Gasteiger partial charge is 0.790 e. The van der Waals surface area contributed by atoms with Gasteiger partial charge in [0.15, 0.2) is 0 Å². The minimum absolute atomic E-state index is 0. The summed E-state index contributed by atoms with van der Waals surface area (Å²) >= 11 is 0. The molecule has 2 heterocycles. The van der Waals surface area contributed by atoms with E-state index >= 15 is 4.39 Å². The van der Waals surface area contributed by atoms with E-state index in [2.05, 4.69) is 20.5 Å². The van der Waals surface area contributed by atoms with Crippen LogP contribution in [0, 0.1) is 51.2 Å². The summed E-state index contributed by atoms with van der Waals surface area (Å²) in [4.78, 5) is 82.6. The van der Waals surface area contributed by atoms with Crippen LogP contribution in [0.5, 0.6) is 0 Å². The number of amides is 4. The maximum Gasteiger partial charge on any atom is 1.00 e.